The van der Waals surface area contributed by atoms with Crippen LogP contribution in [0.15, 0.2) is 18.2 Å². The molecule has 0 spiro atoms. The standard InChI is InChI=1S/C14H19ClN2OS/c1-14(5-7-18-8-6-14)9-17-11-4-2-3-10(15)12(11)13(16)19/h2-4,17H,5-9H2,1H3,(H2,16,19). The van der Waals surface area contributed by atoms with Gasteiger partial charge >= 0.3 is 0 Å². The minimum absolute atomic E-state index is 0.244. The van der Waals surface area contributed by atoms with Crippen molar-refractivity contribution in [1.29, 1.82) is 0 Å². The Bertz CT molecular complexity index is 473. The van der Waals surface area contributed by atoms with Crippen LogP contribution in [-0.2, 0) is 4.74 Å². The Balaban J connectivity index is 2.11. The van der Waals surface area contributed by atoms with Crippen LogP contribution in [0.5, 0.6) is 0 Å². The summed E-state index contributed by atoms with van der Waals surface area (Å²) in [6.45, 7) is 4.80. The molecule has 0 aromatic heterocycles. The molecule has 0 atom stereocenters. The van der Waals surface area contributed by atoms with E-state index in [0.717, 1.165) is 43.9 Å². The highest BCUT2D eigenvalue weighted by atomic mass is 35.5. The van der Waals surface area contributed by atoms with Gasteiger partial charge in [-0.25, -0.2) is 0 Å². The molecule has 1 aliphatic heterocycles. The summed E-state index contributed by atoms with van der Waals surface area (Å²) >= 11 is 11.2. The highest BCUT2D eigenvalue weighted by Gasteiger charge is 2.27. The van der Waals surface area contributed by atoms with Gasteiger partial charge in [-0.3, -0.25) is 0 Å². The van der Waals surface area contributed by atoms with Gasteiger partial charge in [-0.05, 0) is 30.4 Å². The smallest absolute Gasteiger partial charge is 0.107 e. The maximum atomic E-state index is 6.15. The zero-order valence-corrected chi connectivity index (χ0v) is 12.6. The zero-order chi connectivity index (χ0) is 13.9. The number of nitrogens with two attached hydrogens (primary N) is 1. The largest absolute Gasteiger partial charge is 0.389 e. The Hall–Kier alpha value is -0.840. The van der Waals surface area contributed by atoms with Gasteiger partial charge in [0.2, 0.25) is 0 Å². The quantitative estimate of drug-likeness (QED) is 0.838. The van der Waals surface area contributed by atoms with E-state index in [4.69, 9.17) is 34.3 Å². The summed E-state index contributed by atoms with van der Waals surface area (Å²) in [5.41, 5.74) is 7.63. The zero-order valence-electron chi connectivity index (χ0n) is 11.0. The van der Waals surface area contributed by atoms with Crippen LogP contribution in [-0.4, -0.2) is 24.7 Å². The number of benzene rings is 1. The number of rotatable bonds is 4. The predicted molar refractivity (Wildman–Crippen MR) is 84.0 cm³/mol. The van der Waals surface area contributed by atoms with Crippen LogP contribution >= 0.6 is 23.8 Å². The van der Waals surface area contributed by atoms with E-state index in [1.54, 1.807) is 6.07 Å². The molecule has 0 bridgehead atoms. The van der Waals surface area contributed by atoms with E-state index in [2.05, 4.69) is 12.2 Å². The monoisotopic (exact) mass is 298 g/mol. The van der Waals surface area contributed by atoms with Gasteiger partial charge in [-0.1, -0.05) is 36.8 Å². The summed E-state index contributed by atoms with van der Waals surface area (Å²) < 4.78 is 5.41. The number of hydrogen-bond donors (Lipinski definition) is 2. The fourth-order valence-electron chi connectivity index (χ4n) is 2.27. The van der Waals surface area contributed by atoms with Crippen molar-refractivity contribution in [2.75, 3.05) is 25.1 Å². The van der Waals surface area contributed by atoms with Gasteiger partial charge in [0.1, 0.15) is 4.99 Å². The van der Waals surface area contributed by atoms with E-state index in [1.165, 1.54) is 0 Å². The molecule has 0 radical (unpaired) electrons. The second kappa shape index (κ2) is 6.07. The Kier molecular flexibility index (Phi) is 4.66. The molecule has 5 heteroatoms. The van der Waals surface area contributed by atoms with Crippen molar-refractivity contribution in [2.45, 2.75) is 19.8 Å². The molecule has 1 heterocycles. The lowest BCUT2D eigenvalue weighted by Gasteiger charge is -2.34. The minimum atomic E-state index is 0.244. The second-order valence-corrected chi connectivity index (χ2v) is 6.15. The van der Waals surface area contributed by atoms with E-state index in [-0.39, 0.29) is 5.41 Å². The van der Waals surface area contributed by atoms with Crippen LogP contribution < -0.4 is 11.1 Å². The van der Waals surface area contributed by atoms with Gasteiger partial charge in [0, 0.05) is 25.4 Å². The van der Waals surface area contributed by atoms with Gasteiger partial charge in [0.25, 0.3) is 0 Å². The molecule has 1 aliphatic rings. The van der Waals surface area contributed by atoms with Gasteiger partial charge in [0.15, 0.2) is 0 Å². The Morgan fingerprint density at radius 3 is 2.79 bits per heavy atom. The first kappa shape index (κ1) is 14.6. The number of nitrogens with one attached hydrogen (secondary N) is 1. The first-order valence-corrected chi connectivity index (χ1v) is 7.20. The fourth-order valence-corrected chi connectivity index (χ4v) is 2.82. The lowest BCUT2D eigenvalue weighted by atomic mass is 9.82. The van der Waals surface area contributed by atoms with Crippen molar-refractivity contribution in [3.8, 4) is 0 Å². The van der Waals surface area contributed by atoms with Gasteiger partial charge in [-0.15, -0.1) is 0 Å². The summed E-state index contributed by atoms with van der Waals surface area (Å²) in [5, 5.41) is 4.03. The van der Waals surface area contributed by atoms with Crippen LogP contribution in [0.4, 0.5) is 5.69 Å². The van der Waals surface area contributed by atoms with E-state index in [1.807, 2.05) is 12.1 Å². The summed E-state index contributed by atoms with van der Waals surface area (Å²) in [4.78, 5) is 0.324. The van der Waals surface area contributed by atoms with Crippen LogP contribution in [0.25, 0.3) is 0 Å². The van der Waals surface area contributed by atoms with Crippen LogP contribution in [0.2, 0.25) is 5.02 Å². The lowest BCUT2D eigenvalue weighted by Crippen LogP contribution is -2.33. The molecule has 104 valence electrons. The SMILES string of the molecule is CC1(CNc2cccc(Cl)c2C(N)=S)CCOCC1. The Morgan fingerprint density at radius 1 is 1.47 bits per heavy atom. The third-order valence-corrected chi connectivity index (χ3v) is 4.18. The summed E-state index contributed by atoms with van der Waals surface area (Å²) in [6.07, 6.45) is 2.12. The van der Waals surface area contributed by atoms with Gasteiger partial charge < -0.3 is 15.8 Å². The number of anilines is 1. The summed E-state index contributed by atoms with van der Waals surface area (Å²) in [7, 11) is 0. The maximum absolute atomic E-state index is 6.15. The van der Waals surface area contributed by atoms with E-state index in [9.17, 15) is 0 Å². The summed E-state index contributed by atoms with van der Waals surface area (Å²) in [5.74, 6) is 0. The number of ether oxygens (including phenoxy) is 1. The van der Waals surface area contributed by atoms with Crippen molar-refractivity contribution < 1.29 is 4.74 Å². The average molecular weight is 299 g/mol. The molecular weight excluding hydrogens is 280 g/mol. The van der Waals surface area contributed by atoms with Crippen LogP contribution in [0.1, 0.15) is 25.3 Å². The molecule has 1 saturated heterocycles. The molecule has 0 saturated carbocycles. The first-order chi connectivity index (χ1) is 9.02. The molecular formula is C14H19ClN2OS. The molecule has 0 unspecified atom stereocenters. The molecule has 0 aliphatic carbocycles. The average Bonchev–Trinajstić information content (AvgIpc) is 2.37. The Labute approximate surface area is 124 Å². The van der Waals surface area contributed by atoms with E-state index in [0.29, 0.717) is 10.0 Å². The number of hydrogen-bond acceptors (Lipinski definition) is 3. The van der Waals surface area contributed by atoms with Crippen molar-refractivity contribution in [2.24, 2.45) is 11.1 Å². The van der Waals surface area contributed by atoms with Crippen molar-refractivity contribution in [1.82, 2.24) is 0 Å². The normalized spacial score (nSPS) is 18.0. The molecule has 2 rings (SSSR count). The number of thiocarbonyl (C=S) groups is 1. The van der Waals surface area contributed by atoms with E-state index < -0.39 is 0 Å². The molecule has 19 heavy (non-hydrogen) atoms. The summed E-state index contributed by atoms with van der Waals surface area (Å²) in [6, 6.07) is 5.67. The van der Waals surface area contributed by atoms with E-state index >= 15 is 0 Å². The van der Waals surface area contributed by atoms with Gasteiger partial charge in [0.05, 0.1) is 10.6 Å². The molecule has 3 nitrogen and oxygen atoms in total. The van der Waals surface area contributed by atoms with Crippen LogP contribution in [0, 0.1) is 5.41 Å². The third-order valence-electron chi connectivity index (χ3n) is 3.67. The van der Waals surface area contributed by atoms with Crippen molar-refractivity contribution in [3.63, 3.8) is 0 Å². The first-order valence-electron chi connectivity index (χ1n) is 6.42. The Morgan fingerprint density at radius 2 is 2.16 bits per heavy atom. The molecule has 1 fully saturated rings. The lowest BCUT2D eigenvalue weighted by molar-refractivity contribution is 0.0300. The maximum Gasteiger partial charge on any atom is 0.107 e. The molecule has 1 aromatic rings. The second-order valence-electron chi connectivity index (χ2n) is 5.30. The van der Waals surface area contributed by atoms with Crippen LogP contribution in [0.3, 0.4) is 0 Å². The molecule has 3 N–H and O–H groups in total. The molecule has 0 amide bonds. The fraction of sp³-hybridized carbons (Fsp3) is 0.500. The third kappa shape index (κ3) is 3.59. The van der Waals surface area contributed by atoms with Gasteiger partial charge in [-0.2, -0.15) is 0 Å². The number of halogens is 1. The highest BCUT2D eigenvalue weighted by molar-refractivity contribution is 7.80. The van der Waals surface area contributed by atoms with Crippen molar-refractivity contribution >= 4 is 34.5 Å². The highest BCUT2D eigenvalue weighted by Crippen LogP contribution is 2.31. The predicted octanol–water partition coefficient (Wildman–Crippen LogP) is 3.20. The van der Waals surface area contributed by atoms with Crippen molar-refractivity contribution in [3.05, 3.63) is 28.8 Å². The minimum Gasteiger partial charge on any atom is -0.389 e. The molecule has 1 aromatic carbocycles. The topological polar surface area (TPSA) is 47.3 Å².